The number of likely N-dealkylation sites (N-methyl/N-ethyl adjacent to an activating group) is 1. The number of alkyl halides is 1. The van der Waals surface area contributed by atoms with Gasteiger partial charge in [-0.2, -0.15) is 0 Å². The molecule has 0 atom stereocenters. The van der Waals surface area contributed by atoms with Gasteiger partial charge in [0.25, 0.3) is 0 Å². The first-order chi connectivity index (χ1) is 9.60. The molecule has 112 valence electrons. The summed E-state index contributed by atoms with van der Waals surface area (Å²) in [5.74, 6) is 1.54. The number of hydrogen-bond donors (Lipinski definition) is 0. The minimum Gasteiger partial charge on any atom is -0.354 e. The molecule has 1 aliphatic heterocycles. The monoisotopic (exact) mass is 360 g/mol. The second kappa shape index (κ2) is 7.59. The Hall–Kier alpha value is -0.360. The van der Waals surface area contributed by atoms with Crippen LogP contribution in [0.25, 0.3) is 0 Å². The Balaban J connectivity index is 1.93. The van der Waals surface area contributed by atoms with Gasteiger partial charge in [0.15, 0.2) is 0 Å². The molecule has 2 heterocycles. The number of rotatable bonds is 5. The Morgan fingerprint density at radius 1 is 1.30 bits per heavy atom. The van der Waals surface area contributed by atoms with E-state index in [1.165, 1.54) is 0 Å². The molecule has 20 heavy (non-hydrogen) atoms. The maximum atomic E-state index is 6.03. The lowest BCUT2D eigenvalue weighted by Crippen LogP contribution is -2.48. The molecular weight excluding hydrogens is 340 g/mol. The van der Waals surface area contributed by atoms with Crippen molar-refractivity contribution < 1.29 is 0 Å². The van der Waals surface area contributed by atoms with Gasteiger partial charge in [-0.3, -0.25) is 4.90 Å². The van der Waals surface area contributed by atoms with E-state index in [0.29, 0.717) is 5.88 Å². The van der Waals surface area contributed by atoms with Crippen LogP contribution < -0.4 is 4.90 Å². The summed E-state index contributed by atoms with van der Waals surface area (Å²) >= 11 is 9.49. The molecule has 0 radical (unpaired) electrons. The summed E-state index contributed by atoms with van der Waals surface area (Å²) in [5, 5.41) is 0. The standard InChI is InChI=1S/C14H22BrClN4/c1-18(2)3-4-19-5-7-20(8-6-19)14-12(10-16)9-13(15)11-17-14/h9,11H,3-8,10H2,1-2H3. The average Bonchev–Trinajstić information content (AvgIpc) is 2.45. The van der Waals surface area contributed by atoms with Crippen LogP contribution in [0.5, 0.6) is 0 Å². The van der Waals surface area contributed by atoms with Gasteiger partial charge < -0.3 is 9.80 Å². The number of nitrogens with zero attached hydrogens (tertiary/aromatic N) is 4. The van der Waals surface area contributed by atoms with Crippen molar-refractivity contribution >= 4 is 33.3 Å². The van der Waals surface area contributed by atoms with Crippen molar-refractivity contribution in [3.05, 3.63) is 22.3 Å². The van der Waals surface area contributed by atoms with Gasteiger partial charge in [-0.1, -0.05) is 0 Å². The van der Waals surface area contributed by atoms with Crippen LogP contribution in [0.4, 0.5) is 5.82 Å². The molecule has 4 nitrogen and oxygen atoms in total. The van der Waals surface area contributed by atoms with E-state index in [9.17, 15) is 0 Å². The molecule has 1 fully saturated rings. The van der Waals surface area contributed by atoms with Gasteiger partial charge in [-0.15, -0.1) is 11.6 Å². The third kappa shape index (κ3) is 4.32. The smallest absolute Gasteiger partial charge is 0.133 e. The lowest BCUT2D eigenvalue weighted by Gasteiger charge is -2.36. The van der Waals surface area contributed by atoms with Gasteiger partial charge in [0, 0.05) is 55.5 Å². The topological polar surface area (TPSA) is 22.6 Å². The number of pyridine rings is 1. The van der Waals surface area contributed by atoms with Gasteiger partial charge in [-0.25, -0.2) is 4.98 Å². The highest BCUT2D eigenvalue weighted by Crippen LogP contribution is 2.24. The fourth-order valence-electron chi connectivity index (χ4n) is 2.38. The van der Waals surface area contributed by atoms with E-state index in [0.717, 1.165) is 55.1 Å². The summed E-state index contributed by atoms with van der Waals surface area (Å²) in [6.07, 6.45) is 1.85. The summed E-state index contributed by atoms with van der Waals surface area (Å²) in [6, 6.07) is 2.06. The SMILES string of the molecule is CN(C)CCN1CCN(c2ncc(Br)cc2CCl)CC1. The molecule has 0 amide bonds. The number of aromatic nitrogens is 1. The van der Waals surface area contributed by atoms with Gasteiger partial charge >= 0.3 is 0 Å². The van der Waals surface area contributed by atoms with E-state index in [4.69, 9.17) is 11.6 Å². The number of hydrogen-bond acceptors (Lipinski definition) is 4. The predicted molar refractivity (Wildman–Crippen MR) is 88.7 cm³/mol. The Bertz CT molecular complexity index is 433. The number of piperazine rings is 1. The van der Waals surface area contributed by atoms with E-state index in [2.05, 4.69) is 55.8 Å². The second-order valence-electron chi connectivity index (χ2n) is 5.40. The molecular formula is C14H22BrClN4. The third-order valence-electron chi connectivity index (χ3n) is 3.59. The highest BCUT2D eigenvalue weighted by atomic mass is 79.9. The van der Waals surface area contributed by atoms with Crippen molar-refractivity contribution in [2.45, 2.75) is 5.88 Å². The van der Waals surface area contributed by atoms with Crippen molar-refractivity contribution in [3.63, 3.8) is 0 Å². The molecule has 1 saturated heterocycles. The van der Waals surface area contributed by atoms with Gasteiger partial charge in [0.1, 0.15) is 5.82 Å². The van der Waals surface area contributed by atoms with E-state index in [-0.39, 0.29) is 0 Å². The largest absolute Gasteiger partial charge is 0.354 e. The highest BCUT2D eigenvalue weighted by molar-refractivity contribution is 9.10. The molecule has 0 spiro atoms. The molecule has 0 aliphatic carbocycles. The zero-order valence-electron chi connectivity index (χ0n) is 12.1. The third-order valence-corrected chi connectivity index (χ3v) is 4.31. The van der Waals surface area contributed by atoms with Crippen molar-refractivity contribution in [1.29, 1.82) is 0 Å². The molecule has 1 aliphatic rings. The van der Waals surface area contributed by atoms with E-state index < -0.39 is 0 Å². The molecule has 1 aromatic rings. The van der Waals surface area contributed by atoms with Crippen LogP contribution in [0.2, 0.25) is 0 Å². The molecule has 6 heteroatoms. The zero-order valence-corrected chi connectivity index (χ0v) is 14.5. The van der Waals surface area contributed by atoms with Crippen LogP contribution in [-0.2, 0) is 5.88 Å². The first kappa shape index (κ1) is 16.0. The van der Waals surface area contributed by atoms with Gasteiger partial charge in [0.2, 0.25) is 0 Å². The Kier molecular flexibility index (Phi) is 6.08. The lowest BCUT2D eigenvalue weighted by molar-refractivity contribution is 0.229. The molecule has 2 rings (SSSR count). The minimum absolute atomic E-state index is 0.503. The molecule has 0 bridgehead atoms. The number of halogens is 2. The first-order valence-electron chi connectivity index (χ1n) is 6.92. The number of anilines is 1. The normalized spacial score (nSPS) is 16.9. The second-order valence-corrected chi connectivity index (χ2v) is 6.58. The van der Waals surface area contributed by atoms with E-state index in [1.54, 1.807) is 0 Å². The van der Waals surface area contributed by atoms with Crippen molar-refractivity contribution in [2.75, 3.05) is 58.3 Å². The molecule has 0 unspecified atom stereocenters. The van der Waals surface area contributed by atoms with Crippen LogP contribution in [0.3, 0.4) is 0 Å². The van der Waals surface area contributed by atoms with Gasteiger partial charge in [0.05, 0.1) is 5.88 Å². The maximum Gasteiger partial charge on any atom is 0.133 e. The van der Waals surface area contributed by atoms with Crippen molar-refractivity contribution in [1.82, 2.24) is 14.8 Å². The van der Waals surface area contributed by atoms with Crippen molar-refractivity contribution in [2.24, 2.45) is 0 Å². The van der Waals surface area contributed by atoms with Gasteiger partial charge in [-0.05, 0) is 36.1 Å². The average molecular weight is 362 g/mol. The van der Waals surface area contributed by atoms with Crippen LogP contribution in [0.1, 0.15) is 5.56 Å². The molecule has 0 saturated carbocycles. The minimum atomic E-state index is 0.503. The Morgan fingerprint density at radius 3 is 2.60 bits per heavy atom. The Morgan fingerprint density at radius 2 is 2.00 bits per heavy atom. The lowest BCUT2D eigenvalue weighted by atomic mass is 10.2. The van der Waals surface area contributed by atoms with Crippen LogP contribution in [-0.4, -0.2) is 68.1 Å². The van der Waals surface area contributed by atoms with Crippen LogP contribution in [0, 0.1) is 0 Å². The zero-order chi connectivity index (χ0) is 14.5. The van der Waals surface area contributed by atoms with E-state index >= 15 is 0 Å². The summed E-state index contributed by atoms with van der Waals surface area (Å²) in [6.45, 7) is 6.47. The predicted octanol–water partition coefficient (Wildman–Crippen LogP) is 2.27. The summed E-state index contributed by atoms with van der Waals surface area (Å²) in [4.78, 5) is 11.6. The molecule has 0 N–H and O–H groups in total. The summed E-state index contributed by atoms with van der Waals surface area (Å²) in [5.41, 5.74) is 1.10. The van der Waals surface area contributed by atoms with Crippen molar-refractivity contribution in [3.8, 4) is 0 Å². The van der Waals surface area contributed by atoms with Crippen LogP contribution in [0.15, 0.2) is 16.7 Å². The quantitative estimate of drug-likeness (QED) is 0.750. The summed E-state index contributed by atoms with van der Waals surface area (Å²) < 4.78 is 0.988. The van der Waals surface area contributed by atoms with Crippen LogP contribution >= 0.6 is 27.5 Å². The van der Waals surface area contributed by atoms with E-state index in [1.807, 2.05) is 6.20 Å². The highest BCUT2D eigenvalue weighted by Gasteiger charge is 2.20. The molecule has 1 aromatic heterocycles. The Labute approximate surface area is 134 Å². The first-order valence-corrected chi connectivity index (χ1v) is 8.25. The fourth-order valence-corrected chi connectivity index (χ4v) is 2.96. The summed E-state index contributed by atoms with van der Waals surface area (Å²) in [7, 11) is 4.24. The maximum absolute atomic E-state index is 6.03. The molecule has 0 aromatic carbocycles. The fraction of sp³-hybridized carbons (Fsp3) is 0.643.